The molecule has 0 amide bonds. The number of nitrogens with two attached hydrogens (primary N) is 1. The highest BCUT2D eigenvalue weighted by Crippen LogP contribution is 2.45. The molecule has 2 aromatic rings. The first-order valence-corrected chi connectivity index (χ1v) is 7.18. The number of hydrogen-bond acceptors (Lipinski definition) is 7. The van der Waals surface area contributed by atoms with Crippen molar-refractivity contribution in [1.82, 2.24) is 19.1 Å². The van der Waals surface area contributed by atoms with Crippen LogP contribution in [0.4, 0.5) is 5.82 Å². The van der Waals surface area contributed by atoms with Gasteiger partial charge in [-0.2, -0.15) is 4.98 Å². The van der Waals surface area contributed by atoms with Crippen LogP contribution in [0.5, 0.6) is 0 Å². The number of anilines is 1. The van der Waals surface area contributed by atoms with Gasteiger partial charge in [-0.1, -0.05) is 0 Å². The summed E-state index contributed by atoms with van der Waals surface area (Å²) in [5.41, 5.74) is 6.48. The van der Waals surface area contributed by atoms with Crippen LogP contribution in [0.15, 0.2) is 11.1 Å². The molecule has 0 saturated carbocycles. The SMILES string of the molecule is CC1(C)OC2C3Cn4cnc5c(N)nc(=O)n(c54)C(O3)C2O1. The molecule has 2 bridgehead atoms. The van der Waals surface area contributed by atoms with Gasteiger partial charge in [0.2, 0.25) is 0 Å². The molecule has 3 aliphatic heterocycles. The van der Waals surface area contributed by atoms with Crippen LogP contribution in [0.25, 0.3) is 11.2 Å². The van der Waals surface area contributed by atoms with E-state index in [0.29, 0.717) is 17.7 Å². The Morgan fingerprint density at radius 1 is 1.36 bits per heavy atom. The van der Waals surface area contributed by atoms with Crippen LogP contribution >= 0.6 is 0 Å². The predicted octanol–water partition coefficient (Wildman–Crippen LogP) is -0.394. The van der Waals surface area contributed by atoms with E-state index in [4.69, 9.17) is 19.9 Å². The van der Waals surface area contributed by atoms with Crippen molar-refractivity contribution in [3.63, 3.8) is 0 Å². The van der Waals surface area contributed by atoms with Gasteiger partial charge in [0.25, 0.3) is 0 Å². The molecule has 0 spiro atoms. The lowest BCUT2D eigenvalue weighted by Gasteiger charge is -2.23. The van der Waals surface area contributed by atoms with Gasteiger partial charge in [-0.25, -0.2) is 14.3 Å². The molecule has 0 aliphatic carbocycles. The highest BCUT2D eigenvalue weighted by molar-refractivity contribution is 5.82. The molecular formula is C13H15N5O4. The van der Waals surface area contributed by atoms with E-state index in [1.54, 1.807) is 6.33 Å². The lowest BCUT2D eigenvalue weighted by Crippen LogP contribution is -2.37. The van der Waals surface area contributed by atoms with Crippen LogP contribution in [0.3, 0.4) is 0 Å². The van der Waals surface area contributed by atoms with Gasteiger partial charge in [0.1, 0.15) is 23.8 Å². The van der Waals surface area contributed by atoms with Gasteiger partial charge in [0.15, 0.2) is 23.5 Å². The molecule has 5 heterocycles. The number of imidazole rings is 1. The second-order valence-electron chi connectivity index (χ2n) is 6.35. The van der Waals surface area contributed by atoms with Crippen molar-refractivity contribution >= 4 is 17.0 Å². The lowest BCUT2D eigenvalue weighted by atomic mass is 10.1. The Bertz CT molecular complexity index is 856. The maximum Gasteiger partial charge on any atom is 0.353 e. The van der Waals surface area contributed by atoms with Crippen molar-refractivity contribution in [1.29, 1.82) is 0 Å². The van der Waals surface area contributed by atoms with Crippen LogP contribution in [0.1, 0.15) is 20.1 Å². The summed E-state index contributed by atoms with van der Waals surface area (Å²) in [7, 11) is 0. The van der Waals surface area contributed by atoms with E-state index >= 15 is 0 Å². The number of fused-ring (bicyclic) bond motifs is 6. The van der Waals surface area contributed by atoms with Gasteiger partial charge in [-0.3, -0.25) is 0 Å². The minimum atomic E-state index is -0.698. The Balaban J connectivity index is 1.78. The van der Waals surface area contributed by atoms with E-state index in [2.05, 4.69) is 9.97 Å². The zero-order chi connectivity index (χ0) is 15.2. The van der Waals surface area contributed by atoms with E-state index in [0.717, 1.165) is 0 Å². The standard InChI is InChI=1S/C13H15N5O4/c1-13(2)21-7-5-3-17-4-15-6-9(14)16-12(19)18(10(6)17)11(20-5)8(7)22-13/h4-5,7-8,11H,3H2,1-2H3,(H2,14,16,19). The van der Waals surface area contributed by atoms with Crippen LogP contribution in [0, 0.1) is 0 Å². The van der Waals surface area contributed by atoms with Crippen LogP contribution in [-0.4, -0.2) is 43.2 Å². The topological polar surface area (TPSA) is 106 Å². The summed E-state index contributed by atoms with van der Waals surface area (Å²) in [6, 6.07) is 0. The summed E-state index contributed by atoms with van der Waals surface area (Å²) in [5.74, 6) is -0.565. The fraction of sp³-hybridized carbons (Fsp3) is 0.615. The van der Waals surface area contributed by atoms with Crippen LogP contribution < -0.4 is 11.4 Å². The van der Waals surface area contributed by atoms with Crippen LogP contribution in [-0.2, 0) is 20.8 Å². The molecule has 9 nitrogen and oxygen atoms in total. The van der Waals surface area contributed by atoms with Crippen molar-refractivity contribution in [2.45, 2.75) is 50.7 Å². The number of ether oxygens (including phenoxy) is 3. The molecule has 3 aliphatic rings. The van der Waals surface area contributed by atoms with Gasteiger partial charge in [-0.15, -0.1) is 0 Å². The predicted molar refractivity (Wildman–Crippen MR) is 73.9 cm³/mol. The zero-order valence-corrected chi connectivity index (χ0v) is 12.1. The first-order chi connectivity index (χ1) is 10.4. The fourth-order valence-electron chi connectivity index (χ4n) is 3.68. The summed E-state index contributed by atoms with van der Waals surface area (Å²) in [6.07, 6.45) is 0.274. The molecule has 2 N–H and O–H groups in total. The van der Waals surface area contributed by atoms with Gasteiger partial charge >= 0.3 is 5.69 Å². The Morgan fingerprint density at radius 3 is 2.95 bits per heavy atom. The van der Waals surface area contributed by atoms with Crippen molar-refractivity contribution in [2.24, 2.45) is 0 Å². The highest BCUT2D eigenvalue weighted by Gasteiger charge is 2.57. The summed E-state index contributed by atoms with van der Waals surface area (Å²) in [6.45, 7) is 4.24. The third-order valence-corrected chi connectivity index (χ3v) is 4.46. The zero-order valence-electron chi connectivity index (χ0n) is 12.1. The van der Waals surface area contributed by atoms with Gasteiger partial charge in [-0.05, 0) is 13.8 Å². The Morgan fingerprint density at radius 2 is 2.14 bits per heavy atom. The summed E-state index contributed by atoms with van der Waals surface area (Å²) in [5, 5.41) is 0. The molecule has 4 unspecified atom stereocenters. The number of nitrogen functional groups attached to an aromatic ring is 1. The molecule has 2 fully saturated rings. The molecule has 9 heteroatoms. The first-order valence-electron chi connectivity index (χ1n) is 7.18. The van der Waals surface area contributed by atoms with Gasteiger partial charge in [0, 0.05) is 0 Å². The molecule has 5 rings (SSSR count). The van der Waals surface area contributed by atoms with Crippen LogP contribution in [0.2, 0.25) is 0 Å². The normalized spacial score (nSPS) is 34.8. The largest absolute Gasteiger partial charge is 0.382 e. The minimum absolute atomic E-state index is 0.133. The number of rotatable bonds is 0. The van der Waals surface area contributed by atoms with E-state index < -0.39 is 17.7 Å². The van der Waals surface area contributed by atoms with E-state index in [1.807, 2.05) is 18.4 Å². The maximum atomic E-state index is 12.4. The second-order valence-corrected chi connectivity index (χ2v) is 6.35. The number of hydrogen-bond donors (Lipinski definition) is 1. The third-order valence-electron chi connectivity index (χ3n) is 4.46. The Kier molecular flexibility index (Phi) is 2.10. The molecule has 2 saturated heterocycles. The minimum Gasteiger partial charge on any atom is -0.382 e. The smallest absolute Gasteiger partial charge is 0.353 e. The average Bonchev–Trinajstić information content (AvgIpc) is 3.01. The maximum absolute atomic E-state index is 12.4. The number of nitrogens with zero attached hydrogens (tertiary/aromatic N) is 4. The number of aromatic nitrogens is 4. The molecule has 0 aromatic carbocycles. The van der Waals surface area contributed by atoms with Crippen molar-refractivity contribution in [2.75, 3.05) is 5.73 Å². The summed E-state index contributed by atoms with van der Waals surface area (Å²) >= 11 is 0. The van der Waals surface area contributed by atoms with Gasteiger partial charge < -0.3 is 24.5 Å². The molecule has 4 atom stereocenters. The quantitative estimate of drug-likeness (QED) is 0.706. The molecule has 22 heavy (non-hydrogen) atoms. The van der Waals surface area contributed by atoms with Crippen molar-refractivity contribution in [3.8, 4) is 0 Å². The molecular weight excluding hydrogens is 290 g/mol. The summed E-state index contributed by atoms with van der Waals surface area (Å²) < 4.78 is 21.3. The monoisotopic (exact) mass is 305 g/mol. The molecule has 0 radical (unpaired) electrons. The first kappa shape index (κ1) is 12.6. The molecule has 2 aromatic heterocycles. The van der Waals surface area contributed by atoms with E-state index in [9.17, 15) is 4.79 Å². The van der Waals surface area contributed by atoms with E-state index in [1.165, 1.54) is 4.57 Å². The van der Waals surface area contributed by atoms with Gasteiger partial charge in [0.05, 0.1) is 12.9 Å². The van der Waals surface area contributed by atoms with Crippen molar-refractivity contribution in [3.05, 3.63) is 16.8 Å². The third kappa shape index (κ3) is 1.40. The average molecular weight is 305 g/mol. The Labute approximate surface area is 124 Å². The van der Waals surface area contributed by atoms with Crippen molar-refractivity contribution < 1.29 is 14.2 Å². The fourth-order valence-corrected chi connectivity index (χ4v) is 3.68. The highest BCUT2D eigenvalue weighted by atomic mass is 16.8. The van der Waals surface area contributed by atoms with E-state index in [-0.39, 0.29) is 24.1 Å². The summed E-state index contributed by atoms with van der Waals surface area (Å²) in [4.78, 5) is 20.5. The Hall–Kier alpha value is -1.97. The lowest BCUT2D eigenvalue weighted by molar-refractivity contribution is -0.196. The second kappa shape index (κ2) is 3.67. The molecule has 116 valence electrons.